The molecule has 0 radical (unpaired) electrons. The van der Waals surface area contributed by atoms with Gasteiger partial charge < -0.3 is 0 Å². The first-order valence-corrected chi connectivity index (χ1v) is 6.06. The monoisotopic (exact) mass is 239 g/mol. The van der Waals surface area contributed by atoms with Crippen LogP contribution in [-0.4, -0.2) is 20.7 Å². The van der Waals surface area contributed by atoms with Crippen molar-refractivity contribution in [2.45, 2.75) is 26.2 Å². The molecule has 0 bridgehead atoms. The van der Waals surface area contributed by atoms with Crippen molar-refractivity contribution in [1.29, 1.82) is 0 Å². The Morgan fingerprint density at radius 3 is 2.89 bits per heavy atom. The van der Waals surface area contributed by atoms with E-state index in [4.69, 9.17) is 0 Å². The third-order valence-corrected chi connectivity index (χ3v) is 3.25. The maximum absolute atomic E-state index is 11.7. The number of hydrogen-bond acceptors (Lipinski definition) is 4. The van der Waals surface area contributed by atoms with Crippen molar-refractivity contribution in [1.82, 2.24) is 15.0 Å². The lowest BCUT2D eigenvalue weighted by molar-refractivity contribution is 0.0971. The Balaban J connectivity index is 2.10. The number of carbonyl (C=O) groups is 1. The van der Waals surface area contributed by atoms with Gasteiger partial charge >= 0.3 is 0 Å². The fourth-order valence-electron chi connectivity index (χ4n) is 2.25. The molecule has 18 heavy (non-hydrogen) atoms. The average molecular weight is 239 g/mol. The van der Waals surface area contributed by atoms with Crippen molar-refractivity contribution in [3.8, 4) is 11.4 Å². The molecule has 0 fully saturated rings. The van der Waals surface area contributed by atoms with E-state index < -0.39 is 0 Å². The van der Waals surface area contributed by atoms with Crippen LogP contribution in [0.4, 0.5) is 0 Å². The molecule has 0 spiro atoms. The van der Waals surface area contributed by atoms with Crippen LogP contribution in [0.1, 0.15) is 34.5 Å². The molecule has 4 nitrogen and oxygen atoms in total. The minimum atomic E-state index is 0.161. The zero-order chi connectivity index (χ0) is 12.5. The van der Waals surface area contributed by atoms with E-state index in [2.05, 4.69) is 15.0 Å². The summed E-state index contributed by atoms with van der Waals surface area (Å²) in [5.74, 6) is 0.845. The number of aromatic nitrogens is 3. The first-order chi connectivity index (χ1) is 8.75. The maximum atomic E-state index is 11.7. The van der Waals surface area contributed by atoms with E-state index in [1.165, 1.54) is 0 Å². The minimum absolute atomic E-state index is 0.161. The molecule has 1 aliphatic carbocycles. The van der Waals surface area contributed by atoms with Gasteiger partial charge in [-0.1, -0.05) is 0 Å². The largest absolute Gasteiger partial charge is 0.294 e. The quantitative estimate of drug-likeness (QED) is 0.766. The van der Waals surface area contributed by atoms with Gasteiger partial charge in [-0.05, 0) is 31.4 Å². The van der Waals surface area contributed by atoms with E-state index in [1.54, 1.807) is 18.6 Å². The smallest absolute Gasteiger partial charge is 0.166 e. The van der Waals surface area contributed by atoms with Crippen molar-refractivity contribution in [2.24, 2.45) is 0 Å². The number of rotatable bonds is 1. The molecular formula is C14H13N3O. The number of fused-ring (bicyclic) bond motifs is 1. The third kappa shape index (κ3) is 1.79. The van der Waals surface area contributed by atoms with Gasteiger partial charge in [-0.3, -0.25) is 9.78 Å². The lowest BCUT2D eigenvalue weighted by Crippen LogP contribution is -2.14. The highest BCUT2D eigenvalue weighted by Crippen LogP contribution is 2.23. The predicted molar refractivity (Wildman–Crippen MR) is 67.3 cm³/mol. The molecular weight excluding hydrogens is 226 g/mol. The first kappa shape index (κ1) is 11.0. The van der Waals surface area contributed by atoms with Crippen LogP contribution < -0.4 is 0 Å². The minimum Gasteiger partial charge on any atom is -0.294 e. The van der Waals surface area contributed by atoms with E-state index in [0.717, 1.165) is 29.7 Å². The Morgan fingerprint density at radius 1 is 1.17 bits per heavy atom. The molecule has 0 saturated carbocycles. The van der Waals surface area contributed by atoms with Crippen molar-refractivity contribution in [2.75, 3.05) is 0 Å². The zero-order valence-corrected chi connectivity index (χ0v) is 10.2. The summed E-state index contributed by atoms with van der Waals surface area (Å²) in [7, 11) is 0. The van der Waals surface area contributed by atoms with Gasteiger partial charge in [-0.25, -0.2) is 9.97 Å². The second-order valence-electron chi connectivity index (χ2n) is 4.52. The normalized spacial score (nSPS) is 14.4. The molecule has 2 heterocycles. The molecule has 2 aromatic heterocycles. The molecule has 0 aliphatic heterocycles. The number of aryl methyl sites for hydroxylation is 2. The van der Waals surface area contributed by atoms with Crippen LogP contribution in [-0.2, 0) is 6.42 Å². The van der Waals surface area contributed by atoms with Gasteiger partial charge in [0.05, 0.1) is 11.3 Å². The molecule has 0 unspecified atom stereocenters. The molecule has 3 rings (SSSR count). The summed E-state index contributed by atoms with van der Waals surface area (Å²) < 4.78 is 0. The van der Waals surface area contributed by atoms with Gasteiger partial charge in [0.2, 0.25) is 0 Å². The van der Waals surface area contributed by atoms with E-state index in [-0.39, 0.29) is 5.78 Å². The van der Waals surface area contributed by atoms with Crippen LogP contribution in [0, 0.1) is 6.92 Å². The summed E-state index contributed by atoms with van der Waals surface area (Å²) in [6.45, 7) is 1.98. The molecule has 90 valence electrons. The second kappa shape index (κ2) is 4.29. The van der Waals surface area contributed by atoms with Gasteiger partial charge in [0.1, 0.15) is 0 Å². The number of pyridine rings is 1. The van der Waals surface area contributed by atoms with E-state index in [0.29, 0.717) is 17.8 Å². The van der Waals surface area contributed by atoms with Gasteiger partial charge in [0.25, 0.3) is 0 Å². The summed E-state index contributed by atoms with van der Waals surface area (Å²) in [5, 5.41) is 0. The second-order valence-corrected chi connectivity index (χ2v) is 4.52. The Labute approximate surface area is 105 Å². The molecule has 0 atom stereocenters. The molecule has 0 amide bonds. The number of carbonyl (C=O) groups excluding carboxylic acids is 1. The van der Waals surface area contributed by atoms with Crippen molar-refractivity contribution in [3.63, 3.8) is 0 Å². The number of hydrogen-bond donors (Lipinski definition) is 0. The molecule has 2 aromatic rings. The summed E-state index contributed by atoms with van der Waals surface area (Å²) in [6, 6.07) is 1.90. The summed E-state index contributed by atoms with van der Waals surface area (Å²) in [4.78, 5) is 24.6. The van der Waals surface area contributed by atoms with Crippen LogP contribution in [0.3, 0.4) is 0 Å². The number of nitrogens with zero attached hydrogens (tertiary/aromatic N) is 3. The maximum Gasteiger partial charge on any atom is 0.166 e. The first-order valence-electron chi connectivity index (χ1n) is 6.06. The molecule has 0 aromatic carbocycles. The summed E-state index contributed by atoms with van der Waals surface area (Å²) in [5.41, 5.74) is 3.59. The van der Waals surface area contributed by atoms with Crippen molar-refractivity contribution >= 4 is 5.78 Å². The highest BCUT2D eigenvalue weighted by Gasteiger charge is 2.19. The SMILES string of the molecule is Cc1cnccc1-c1ncc2c(n1)CCCC2=O. The summed E-state index contributed by atoms with van der Waals surface area (Å²) in [6.07, 6.45) is 7.56. The van der Waals surface area contributed by atoms with E-state index in [1.807, 2.05) is 13.0 Å². The molecule has 0 saturated heterocycles. The lowest BCUT2D eigenvalue weighted by Gasteiger charge is -2.14. The van der Waals surface area contributed by atoms with E-state index >= 15 is 0 Å². The Morgan fingerprint density at radius 2 is 2.06 bits per heavy atom. The van der Waals surface area contributed by atoms with Gasteiger partial charge in [-0.2, -0.15) is 0 Å². The zero-order valence-electron chi connectivity index (χ0n) is 10.2. The molecule has 4 heteroatoms. The fraction of sp³-hybridized carbons (Fsp3) is 0.286. The Kier molecular flexibility index (Phi) is 2.63. The van der Waals surface area contributed by atoms with Crippen molar-refractivity contribution < 1.29 is 4.79 Å². The van der Waals surface area contributed by atoms with Crippen LogP contribution in [0.2, 0.25) is 0 Å². The highest BCUT2D eigenvalue weighted by molar-refractivity contribution is 5.97. The standard InChI is InChI=1S/C14H13N3O/c1-9-7-15-6-5-10(9)14-16-8-11-12(17-14)3-2-4-13(11)18/h5-8H,2-4H2,1H3. The third-order valence-electron chi connectivity index (χ3n) is 3.25. The fourth-order valence-corrected chi connectivity index (χ4v) is 2.25. The molecule has 1 aliphatic rings. The lowest BCUT2D eigenvalue weighted by atomic mass is 9.96. The van der Waals surface area contributed by atoms with Gasteiger partial charge in [0.15, 0.2) is 11.6 Å². The Hall–Kier alpha value is -2.10. The van der Waals surface area contributed by atoms with Crippen LogP contribution in [0.15, 0.2) is 24.7 Å². The van der Waals surface area contributed by atoms with Crippen LogP contribution >= 0.6 is 0 Å². The predicted octanol–water partition coefficient (Wildman–Crippen LogP) is 2.37. The topological polar surface area (TPSA) is 55.7 Å². The number of ketones is 1. The average Bonchev–Trinajstić information content (AvgIpc) is 2.39. The van der Waals surface area contributed by atoms with Crippen molar-refractivity contribution in [3.05, 3.63) is 41.5 Å². The number of Topliss-reactive ketones (excluding diaryl/α,β-unsaturated/α-hetero) is 1. The van der Waals surface area contributed by atoms with E-state index in [9.17, 15) is 4.79 Å². The van der Waals surface area contributed by atoms with Gasteiger partial charge in [0, 0.05) is 30.6 Å². The summed E-state index contributed by atoms with van der Waals surface area (Å²) >= 11 is 0. The highest BCUT2D eigenvalue weighted by atomic mass is 16.1. The van der Waals surface area contributed by atoms with Crippen LogP contribution in [0.25, 0.3) is 11.4 Å². The Bertz CT molecular complexity index is 622. The van der Waals surface area contributed by atoms with Gasteiger partial charge in [-0.15, -0.1) is 0 Å². The van der Waals surface area contributed by atoms with Crippen LogP contribution in [0.5, 0.6) is 0 Å². The molecule has 0 N–H and O–H groups in total.